The molecule has 4 rings (SSSR count). The predicted octanol–water partition coefficient (Wildman–Crippen LogP) is 4.35. The Kier molecular flexibility index (Phi) is 7.31. The molecule has 0 saturated heterocycles. The molecule has 0 fully saturated rings. The van der Waals surface area contributed by atoms with E-state index in [1.807, 2.05) is 45.0 Å². The van der Waals surface area contributed by atoms with E-state index < -0.39 is 5.63 Å². The molecule has 2 aromatic carbocycles. The van der Waals surface area contributed by atoms with Crippen molar-refractivity contribution in [3.8, 4) is 17.2 Å². The molecule has 0 amide bonds. The van der Waals surface area contributed by atoms with Crippen molar-refractivity contribution < 1.29 is 28.2 Å². The van der Waals surface area contributed by atoms with Crippen LogP contribution in [0, 0.1) is 6.92 Å². The Morgan fingerprint density at radius 1 is 1.11 bits per heavy atom. The third-order valence-electron chi connectivity index (χ3n) is 5.96. The van der Waals surface area contributed by atoms with Crippen LogP contribution in [0.1, 0.15) is 42.5 Å². The van der Waals surface area contributed by atoms with Crippen LogP contribution in [0.4, 0.5) is 0 Å². The van der Waals surface area contributed by atoms with Crippen LogP contribution in [0.25, 0.3) is 11.0 Å². The summed E-state index contributed by atoms with van der Waals surface area (Å²) in [7, 11) is 3.21. The van der Waals surface area contributed by atoms with E-state index in [-0.39, 0.29) is 18.5 Å². The van der Waals surface area contributed by atoms with Crippen molar-refractivity contribution in [3.05, 3.63) is 63.0 Å². The fourth-order valence-electron chi connectivity index (χ4n) is 4.39. The minimum atomic E-state index is -0.400. The molecule has 0 atom stereocenters. The average molecular weight is 482 g/mol. The molecule has 186 valence electrons. The Balaban J connectivity index is 1.66. The summed E-state index contributed by atoms with van der Waals surface area (Å²) in [5.74, 6) is 1.74. The highest BCUT2D eigenvalue weighted by molar-refractivity contribution is 5.86. The third kappa shape index (κ3) is 5.43. The Morgan fingerprint density at radius 3 is 2.60 bits per heavy atom. The zero-order valence-electron chi connectivity index (χ0n) is 20.8. The summed E-state index contributed by atoms with van der Waals surface area (Å²) in [6.45, 7) is 7.02. The lowest BCUT2D eigenvalue weighted by molar-refractivity contribution is -0.147. The van der Waals surface area contributed by atoms with Crippen LogP contribution < -0.4 is 19.8 Å². The zero-order valence-corrected chi connectivity index (χ0v) is 20.8. The molecule has 0 aliphatic carbocycles. The summed E-state index contributed by atoms with van der Waals surface area (Å²) in [5, 5.41) is 0.840. The number of esters is 1. The highest BCUT2D eigenvalue weighted by atomic mass is 16.5. The van der Waals surface area contributed by atoms with Crippen molar-refractivity contribution >= 4 is 16.9 Å². The molecule has 1 aromatic heterocycles. The molecule has 1 aliphatic heterocycles. The van der Waals surface area contributed by atoms with Crippen LogP contribution in [0.5, 0.6) is 17.2 Å². The highest BCUT2D eigenvalue weighted by Crippen LogP contribution is 2.38. The second kappa shape index (κ2) is 10.4. The number of hydrogen-bond acceptors (Lipinski definition) is 8. The first-order valence-corrected chi connectivity index (χ1v) is 11.6. The van der Waals surface area contributed by atoms with Crippen molar-refractivity contribution in [1.29, 1.82) is 0 Å². The van der Waals surface area contributed by atoms with Gasteiger partial charge in [0, 0.05) is 31.0 Å². The van der Waals surface area contributed by atoms with Crippen LogP contribution >= 0.6 is 0 Å². The van der Waals surface area contributed by atoms with Crippen molar-refractivity contribution in [3.63, 3.8) is 0 Å². The van der Waals surface area contributed by atoms with Gasteiger partial charge in [-0.3, -0.25) is 9.69 Å². The lowest BCUT2D eigenvalue weighted by Crippen LogP contribution is -2.32. The maximum Gasteiger partial charge on any atom is 0.336 e. The van der Waals surface area contributed by atoms with E-state index in [2.05, 4.69) is 4.90 Å². The predicted molar refractivity (Wildman–Crippen MR) is 131 cm³/mol. The molecule has 0 spiro atoms. The minimum absolute atomic E-state index is 0.161. The van der Waals surface area contributed by atoms with Gasteiger partial charge in [0.25, 0.3) is 0 Å². The first kappa shape index (κ1) is 24.6. The number of aryl methyl sites for hydroxylation is 2. The zero-order chi connectivity index (χ0) is 25.1. The number of rotatable bonds is 8. The van der Waals surface area contributed by atoms with E-state index in [4.69, 9.17) is 23.4 Å². The Bertz CT molecular complexity index is 1290. The summed E-state index contributed by atoms with van der Waals surface area (Å²) in [5.41, 5.74) is 3.68. The topological polar surface area (TPSA) is 87.4 Å². The Morgan fingerprint density at radius 2 is 1.89 bits per heavy atom. The molecule has 1 aliphatic rings. The maximum atomic E-state index is 12.2. The fourth-order valence-corrected chi connectivity index (χ4v) is 4.39. The quantitative estimate of drug-likeness (QED) is 0.347. The summed E-state index contributed by atoms with van der Waals surface area (Å²) < 4.78 is 27.9. The number of fused-ring (bicyclic) bond motifs is 3. The van der Waals surface area contributed by atoms with Gasteiger partial charge in [0.05, 0.1) is 25.9 Å². The molecule has 8 heteroatoms. The normalized spacial score (nSPS) is 13.4. The molecule has 3 aromatic rings. The van der Waals surface area contributed by atoms with Crippen LogP contribution in [-0.4, -0.2) is 37.9 Å². The molecule has 0 radical (unpaired) electrons. The van der Waals surface area contributed by atoms with Crippen molar-refractivity contribution in [2.75, 3.05) is 21.0 Å². The van der Waals surface area contributed by atoms with Gasteiger partial charge in [-0.15, -0.1) is 0 Å². The highest BCUT2D eigenvalue weighted by Gasteiger charge is 2.26. The number of methoxy groups -OCH3 is 2. The molecule has 0 N–H and O–H groups in total. The van der Waals surface area contributed by atoms with Crippen molar-refractivity contribution in [1.82, 2.24) is 4.90 Å². The Hall–Kier alpha value is -3.52. The van der Waals surface area contributed by atoms with Crippen LogP contribution in [0.2, 0.25) is 0 Å². The van der Waals surface area contributed by atoms with Gasteiger partial charge in [0.15, 0.2) is 11.5 Å². The van der Waals surface area contributed by atoms with Crippen LogP contribution in [0.15, 0.2) is 39.5 Å². The van der Waals surface area contributed by atoms with Gasteiger partial charge < -0.3 is 23.4 Å². The second-order valence-corrected chi connectivity index (χ2v) is 8.96. The first-order chi connectivity index (χ1) is 16.8. The van der Waals surface area contributed by atoms with Crippen molar-refractivity contribution in [2.24, 2.45) is 0 Å². The van der Waals surface area contributed by atoms with E-state index in [1.54, 1.807) is 14.2 Å². The number of benzene rings is 2. The van der Waals surface area contributed by atoms with E-state index in [0.29, 0.717) is 49.1 Å². The number of ether oxygens (including phenoxy) is 4. The lowest BCUT2D eigenvalue weighted by Gasteiger charge is -2.31. The largest absolute Gasteiger partial charge is 0.493 e. The summed E-state index contributed by atoms with van der Waals surface area (Å²) in [6, 6.07) is 9.23. The number of nitrogens with zero attached hydrogens (tertiary/aromatic N) is 1. The summed E-state index contributed by atoms with van der Waals surface area (Å²) >= 11 is 0. The minimum Gasteiger partial charge on any atom is -0.493 e. The van der Waals surface area contributed by atoms with E-state index in [9.17, 15) is 9.59 Å². The molecule has 0 saturated carbocycles. The smallest absolute Gasteiger partial charge is 0.336 e. The average Bonchev–Trinajstić information content (AvgIpc) is 2.82. The van der Waals surface area contributed by atoms with Gasteiger partial charge in [-0.25, -0.2) is 4.79 Å². The molecule has 0 unspecified atom stereocenters. The molecule has 2 heterocycles. The molecule has 8 nitrogen and oxygen atoms in total. The van der Waals surface area contributed by atoms with Gasteiger partial charge in [-0.05, 0) is 62.1 Å². The van der Waals surface area contributed by atoms with Gasteiger partial charge in [-0.2, -0.15) is 0 Å². The molecule has 0 bridgehead atoms. The number of carbonyl (C=O) groups is 1. The van der Waals surface area contributed by atoms with E-state index >= 15 is 0 Å². The fraction of sp³-hybridized carbons (Fsp3) is 0.407. The van der Waals surface area contributed by atoms with Gasteiger partial charge >= 0.3 is 11.6 Å². The van der Waals surface area contributed by atoms with Gasteiger partial charge in [0.2, 0.25) is 0 Å². The maximum absolute atomic E-state index is 12.2. The van der Waals surface area contributed by atoms with Crippen LogP contribution in [-0.2, 0) is 29.0 Å². The van der Waals surface area contributed by atoms with Crippen molar-refractivity contribution in [2.45, 2.75) is 52.8 Å². The molecular formula is C27H31NO7. The van der Waals surface area contributed by atoms with E-state index in [0.717, 1.165) is 27.6 Å². The monoisotopic (exact) mass is 481 g/mol. The summed E-state index contributed by atoms with van der Waals surface area (Å²) in [4.78, 5) is 26.5. The lowest BCUT2D eigenvalue weighted by atomic mass is 9.97. The van der Waals surface area contributed by atoms with Gasteiger partial charge in [-0.1, -0.05) is 6.07 Å². The number of hydrogen-bond donors (Lipinski definition) is 0. The standard InChI is InChI=1S/C27H31NO7/c1-16(2)34-24(29)9-7-19-12-20-17(3)10-25(30)35-27(20)21-14-28(15-33-26(19)21)13-18-6-8-22(31-4)23(11-18)32-5/h6,8,10-12,16H,7,9,13-15H2,1-5H3. The SMILES string of the molecule is COc1ccc(CN2COc3c(CCC(=O)OC(C)C)cc4c(C)cc(=O)oc4c3C2)cc1OC. The van der Waals surface area contributed by atoms with Crippen LogP contribution in [0.3, 0.4) is 0 Å². The first-order valence-electron chi connectivity index (χ1n) is 11.6. The molecular weight excluding hydrogens is 450 g/mol. The molecule has 35 heavy (non-hydrogen) atoms. The third-order valence-corrected chi connectivity index (χ3v) is 5.96. The summed E-state index contributed by atoms with van der Waals surface area (Å²) in [6.07, 6.45) is 0.550. The Labute approximate surface area is 204 Å². The number of carbonyl (C=O) groups excluding carboxylic acids is 1. The van der Waals surface area contributed by atoms with Gasteiger partial charge in [0.1, 0.15) is 18.1 Å². The second-order valence-electron chi connectivity index (χ2n) is 8.96. The van der Waals surface area contributed by atoms with E-state index in [1.165, 1.54) is 6.07 Å².